The number of methoxy groups -OCH3 is 2. The van der Waals surface area contributed by atoms with Crippen molar-refractivity contribution < 1.29 is 14.3 Å². The van der Waals surface area contributed by atoms with Crippen LogP contribution in [0.5, 0.6) is 11.5 Å². The fraction of sp³-hybridized carbons (Fsp3) is 0.278. The Morgan fingerprint density at radius 1 is 1.04 bits per heavy atom. The number of nitrogens with zero attached hydrogens (tertiary/aromatic N) is 1. The largest absolute Gasteiger partial charge is 0.496 e. The Balaban J connectivity index is 2.10. The number of likely N-dealkylation sites (N-methyl/N-ethyl adjacent to an activating group) is 1. The van der Waals surface area contributed by atoms with Gasteiger partial charge in [-0.2, -0.15) is 0 Å². The number of rotatable bonds is 6. The molecular formula is C18H20BrNO3. The van der Waals surface area contributed by atoms with Crippen LogP contribution in [0.3, 0.4) is 0 Å². The number of amides is 1. The van der Waals surface area contributed by atoms with Crippen LogP contribution in [0.2, 0.25) is 0 Å². The Morgan fingerprint density at radius 2 is 1.70 bits per heavy atom. The Labute approximate surface area is 145 Å². The van der Waals surface area contributed by atoms with Gasteiger partial charge in [0.2, 0.25) is 5.91 Å². The first kappa shape index (κ1) is 17.3. The molecule has 0 aliphatic carbocycles. The van der Waals surface area contributed by atoms with E-state index in [0.29, 0.717) is 13.0 Å². The van der Waals surface area contributed by atoms with Crippen molar-refractivity contribution in [1.29, 1.82) is 0 Å². The van der Waals surface area contributed by atoms with Gasteiger partial charge in [0.05, 0.1) is 20.6 Å². The maximum Gasteiger partial charge on any atom is 0.227 e. The van der Waals surface area contributed by atoms with Gasteiger partial charge in [-0.05, 0) is 24.3 Å². The lowest BCUT2D eigenvalue weighted by molar-refractivity contribution is -0.129. The van der Waals surface area contributed by atoms with Crippen LogP contribution < -0.4 is 9.47 Å². The summed E-state index contributed by atoms with van der Waals surface area (Å²) >= 11 is 3.45. The van der Waals surface area contributed by atoms with Crippen LogP contribution in [0.1, 0.15) is 11.1 Å². The number of ether oxygens (including phenoxy) is 2. The number of benzene rings is 2. The van der Waals surface area contributed by atoms with Gasteiger partial charge >= 0.3 is 0 Å². The molecular weight excluding hydrogens is 358 g/mol. The van der Waals surface area contributed by atoms with E-state index >= 15 is 0 Å². The van der Waals surface area contributed by atoms with Crippen LogP contribution in [0.15, 0.2) is 46.9 Å². The lowest BCUT2D eigenvalue weighted by Gasteiger charge is -2.19. The molecule has 0 bridgehead atoms. The topological polar surface area (TPSA) is 38.8 Å². The van der Waals surface area contributed by atoms with E-state index in [1.165, 1.54) is 0 Å². The van der Waals surface area contributed by atoms with Crippen molar-refractivity contribution in [3.63, 3.8) is 0 Å². The Morgan fingerprint density at radius 3 is 2.39 bits per heavy atom. The Kier molecular flexibility index (Phi) is 6.04. The summed E-state index contributed by atoms with van der Waals surface area (Å²) in [5, 5.41) is 0. The number of carbonyl (C=O) groups excluding carboxylic acids is 1. The molecule has 0 heterocycles. The number of halogens is 1. The van der Waals surface area contributed by atoms with Crippen molar-refractivity contribution in [2.75, 3.05) is 21.3 Å². The van der Waals surface area contributed by atoms with Gasteiger partial charge in [-0.25, -0.2) is 0 Å². The molecule has 5 heteroatoms. The number of hydrogen-bond donors (Lipinski definition) is 0. The number of carbonyl (C=O) groups is 1. The van der Waals surface area contributed by atoms with Crippen molar-refractivity contribution in [2.24, 2.45) is 0 Å². The van der Waals surface area contributed by atoms with E-state index in [9.17, 15) is 4.79 Å². The van der Waals surface area contributed by atoms with E-state index in [1.807, 2.05) is 42.5 Å². The molecule has 0 atom stereocenters. The second-order valence-corrected chi connectivity index (χ2v) is 6.11. The second-order valence-electron chi connectivity index (χ2n) is 5.19. The van der Waals surface area contributed by atoms with Crippen molar-refractivity contribution >= 4 is 21.8 Å². The van der Waals surface area contributed by atoms with Crippen LogP contribution >= 0.6 is 15.9 Å². The first-order chi connectivity index (χ1) is 11.0. The molecule has 1 amide bonds. The van der Waals surface area contributed by atoms with Crippen LogP contribution in [-0.2, 0) is 17.8 Å². The third-order valence-electron chi connectivity index (χ3n) is 3.61. The smallest absolute Gasteiger partial charge is 0.227 e. The fourth-order valence-corrected chi connectivity index (χ4v) is 2.77. The van der Waals surface area contributed by atoms with Gasteiger partial charge in [0.1, 0.15) is 11.5 Å². The maximum atomic E-state index is 12.5. The monoisotopic (exact) mass is 377 g/mol. The highest BCUT2D eigenvalue weighted by atomic mass is 79.9. The van der Waals surface area contributed by atoms with Crippen LogP contribution in [0, 0.1) is 0 Å². The van der Waals surface area contributed by atoms with Crippen LogP contribution in [0.25, 0.3) is 0 Å². The minimum absolute atomic E-state index is 0.0246. The zero-order valence-corrected chi connectivity index (χ0v) is 15.1. The highest BCUT2D eigenvalue weighted by Crippen LogP contribution is 2.24. The van der Waals surface area contributed by atoms with Gasteiger partial charge in [0.25, 0.3) is 0 Å². The van der Waals surface area contributed by atoms with Gasteiger partial charge in [-0.1, -0.05) is 34.1 Å². The summed E-state index contributed by atoms with van der Waals surface area (Å²) in [5.74, 6) is 1.52. The van der Waals surface area contributed by atoms with E-state index in [2.05, 4.69) is 15.9 Å². The molecule has 122 valence electrons. The first-order valence-electron chi connectivity index (χ1n) is 7.23. The molecule has 0 aromatic heterocycles. The lowest BCUT2D eigenvalue weighted by Crippen LogP contribution is -2.28. The van der Waals surface area contributed by atoms with Gasteiger partial charge in [0, 0.05) is 29.2 Å². The average molecular weight is 378 g/mol. The summed E-state index contributed by atoms with van der Waals surface area (Å²) in [4.78, 5) is 14.2. The quantitative estimate of drug-likeness (QED) is 0.770. The Hall–Kier alpha value is -2.01. The highest BCUT2D eigenvalue weighted by molar-refractivity contribution is 9.10. The average Bonchev–Trinajstić information content (AvgIpc) is 2.55. The molecule has 0 N–H and O–H groups in total. The molecule has 0 fully saturated rings. The van der Waals surface area contributed by atoms with Crippen LogP contribution in [-0.4, -0.2) is 32.1 Å². The molecule has 0 unspecified atom stereocenters. The summed E-state index contributed by atoms with van der Waals surface area (Å²) in [7, 11) is 5.03. The molecule has 2 aromatic rings. The van der Waals surface area contributed by atoms with Gasteiger partial charge in [0.15, 0.2) is 0 Å². The minimum Gasteiger partial charge on any atom is -0.496 e. The predicted octanol–water partition coefficient (Wildman–Crippen LogP) is 3.67. The van der Waals surface area contributed by atoms with Gasteiger partial charge in [-0.3, -0.25) is 4.79 Å². The molecule has 0 radical (unpaired) electrons. The lowest BCUT2D eigenvalue weighted by atomic mass is 10.1. The molecule has 4 nitrogen and oxygen atoms in total. The van der Waals surface area contributed by atoms with E-state index < -0.39 is 0 Å². The zero-order valence-electron chi connectivity index (χ0n) is 13.5. The standard InChI is InChI=1S/C18H20BrNO3/c1-20(12-14-10-15(19)8-9-17(14)23-3)18(21)11-13-6-4-5-7-16(13)22-2/h4-10H,11-12H2,1-3H3. The predicted molar refractivity (Wildman–Crippen MR) is 93.9 cm³/mol. The van der Waals surface area contributed by atoms with Crippen molar-refractivity contribution in [2.45, 2.75) is 13.0 Å². The third-order valence-corrected chi connectivity index (χ3v) is 4.10. The normalized spacial score (nSPS) is 10.3. The second kappa shape index (κ2) is 8.02. The summed E-state index contributed by atoms with van der Waals surface area (Å²) < 4.78 is 11.6. The van der Waals surface area contributed by atoms with Crippen molar-refractivity contribution in [3.05, 3.63) is 58.1 Å². The molecule has 23 heavy (non-hydrogen) atoms. The summed E-state index contributed by atoms with van der Waals surface area (Å²) in [6.07, 6.45) is 0.302. The molecule has 0 aliphatic heterocycles. The molecule has 2 rings (SSSR count). The maximum absolute atomic E-state index is 12.5. The first-order valence-corrected chi connectivity index (χ1v) is 8.02. The molecule has 0 aliphatic rings. The van der Waals surface area contributed by atoms with Gasteiger partial charge in [-0.15, -0.1) is 0 Å². The summed E-state index contributed by atoms with van der Waals surface area (Å²) in [6.45, 7) is 0.483. The van der Waals surface area contributed by atoms with E-state index in [-0.39, 0.29) is 5.91 Å². The van der Waals surface area contributed by atoms with E-state index in [1.54, 1.807) is 26.2 Å². The molecule has 0 saturated heterocycles. The van der Waals surface area contributed by atoms with Crippen LogP contribution in [0.4, 0.5) is 0 Å². The fourth-order valence-electron chi connectivity index (χ4n) is 2.36. The summed E-state index contributed by atoms with van der Waals surface area (Å²) in [5.41, 5.74) is 1.84. The number of para-hydroxylation sites is 1. The highest BCUT2D eigenvalue weighted by Gasteiger charge is 2.15. The minimum atomic E-state index is 0.0246. The Bertz CT molecular complexity index is 688. The van der Waals surface area contributed by atoms with Crippen molar-refractivity contribution in [1.82, 2.24) is 4.90 Å². The van der Waals surface area contributed by atoms with Crippen molar-refractivity contribution in [3.8, 4) is 11.5 Å². The third kappa shape index (κ3) is 4.48. The number of hydrogen-bond acceptors (Lipinski definition) is 3. The molecule has 0 saturated carbocycles. The van der Waals surface area contributed by atoms with E-state index in [0.717, 1.165) is 27.1 Å². The molecule has 2 aromatic carbocycles. The molecule has 0 spiro atoms. The van der Waals surface area contributed by atoms with Gasteiger partial charge < -0.3 is 14.4 Å². The van der Waals surface area contributed by atoms with E-state index in [4.69, 9.17) is 9.47 Å². The summed E-state index contributed by atoms with van der Waals surface area (Å²) in [6, 6.07) is 13.3. The zero-order chi connectivity index (χ0) is 16.8. The SMILES string of the molecule is COc1ccccc1CC(=O)N(C)Cc1cc(Br)ccc1OC.